The second-order valence-electron chi connectivity index (χ2n) is 6.56. The third kappa shape index (κ3) is 4.57. The van der Waals surface area contributed by atoms with Gasteiger partial charge in [0.05, 0.1) is 11.3 Å². The molecule has 144 valence electrons. The summed E-state index contributed by atoms with van der Waals surface area (Å²) >= 11 is 1.47. The van der Waals surface area contributed by atoms with Crippen molar-refractivity contribution in [2.75, 3.05) is 18.4 Å². The summed E-state index contributed by atoms with van der Waals surface area (Å²) in [6.07, 6.45) is 2.81. The summed E-state index contributed by atoms with van der Waals surface area (Å²) < 4.78 is 5.96. The molecule has 5 nitrogen and oxygen atoms in total. The number of hydrogen-bond acceptors (Lipinski definition) is 5. The van der Waals surface area contributed by atoms with Crippen molar-refractivity contribution in [3.8, 4) is 0 Å². The van der Waals surface area contributed by atoms with Gasteiger partial charge in [-0.3, -0.25) is 15.0 Å². The van der Waals surface area contributed by atoms with Gasteiger partial charge >= 0.3 is 0 Å². The van der Waals surface area contributed by atoms with Crippen LogP contribution in [-0.4, -0.2) is 28.9 Å². The lowest BCUT2D eigenvalue weighted by molar-refractivity contribution is 0.102. The van der Waals surface area contributed by atoms with Crippen LogP contribution < -0.4 is 5.32 Å². The van der Waals surface area contributed by atoms with Crippen molar-refractivity contribution >= 4 is 33.3 Å². The first kappa shape index (κ1) is 19.6. The Kier molecular flexibility index (Phi) is 6.63. The lowest BCUT2D eigenvalue weighted by atomic mass is 10.1. The van der Waals surface area contributed by atoms with Gasteiger partial charge in [-0.1, -0.05) is 45.4 Å². The van der Waals surface area contributed by atoms with Crippen molar-refractivity contribution < 1.29 is 9.21 Å². The monoisotopic (exact) mass is 385 g/mol. The molecule has 0 saturated heterocycles. The van der Waals surface area contributed by atoms with E-state index < -0.39 is 0 Å². The van der Waals surface area contributed by atoms with Crippen LogP contribution in [0.3, 0.4) is 0 Å². The zero-order valence-corrected chi connectivity index (χ0v) is 17.1. The van der Waals surface area contributed by atoms with E-state index in [1.54, 1.807) is 0 Å². The van der Waals surface area contributed by atoms with E-state index in [9.17, 15) is 4.79 Å². The number of carbonyl (C=O) groups is 1. The van der Waals surface area contributed by atoms with Crippen LogP contribution in [0.5, 0.6) is 0 Å². The van der Waals surface area contributed by atoms with Crippen molar-refractivity contribution in [2.24, 2.45) is 0 Å². The summed E-state index contributed by atoms with van der Waals surface area (Å²) in [5.74, 6) is 0.616. The molecule has 0 aliphatic heterocycles. The fourth-order valence-corrected chi connectivity index (χ4v) is 3.83. The molecule has 0 radical (unpaired) electrons. The van der Waals surface area contributed by atoms with E-state index in [4.69, 9.17) is 4.42 Å². The van der Waals surface area contributed by atoms with Crippen molar-refractivity contribution in [1.82, 2.24) is 9.88 Å². The maximum Gasteiger partial charge on any atom is 0.261 e. The van der Waals surface area contributed by atoms with E-state index in [0.29, 0.717) is 10.7 Å². The largest absolute Gasteiger partial charge is 0.460 e. The summed E-state index contributed by atoms with van der Waals surface area (Å²) in [6, 6.07) is 7.71. The van der Waals surface area contributed by atoms with E-state index in [1.807, 2.05) is 29.6 Å². The summed E-state index contributed by atoms with van der Waals surface area (Å²) in [6.45, 7) is 9.18. The molecule has 3 aromatic rings. The molecule has 0 aliphatic carbocycles. The van der Waals surface area contributed by atoms with Crippen LogP contribution in [0.4, 0.5) is 5.13 Å². The van der Waals surface area contributed by atoms with Gasteiger partial charge in [-0.15, -0.1) is 11.3 Å². The van der Waals surface area contributed by atoms with Crippen molar-refractivity contribution in [1.29, 1.82) is 0 Å². The summed E-state index contributed by atoms with van der Waals surface area (Å²) in [4.78, 5) is 19.9. The minimum atomic E-state index is -0.144. The number of unbranched alkanes of at least 4 members (excludes halogenated alkanes) is 1. The Balaban J connectivity index is 1.81. The molecule has 1 N–H and O–H groups in total. The van der Waals surface area contributed by atoms with Crippen molar-refractivity contribution in [3.05, 3.63) is 46.7 Å². The summed E-state index contributed by atoms with van der Waals surface area (Å²) in [5.41, 5.74) is 2.39. The zero-order valence-electron chi connectivity index (χ0n) is 16.2. The minimum absolute atomic E-state index is 0.144. The average molecular weight is 386 g/mol. The number of nitrogens with zero attached hydrogens (tertiary/aromatic N) is 2. The Labute approximate surface area is 164 Å². The summed E-state index contributed by atoms with van der Waals surface area (Å²) in [7, 11) is 0. The van der Waals surface area contributed by atoms with Gasteiger partial charge in [0, 0.05) is 23.7 Å². The number of rotatable bonds is 9. The quantitative estimate of drug-likeness (QED) is 0.541. The Bertz CT molecular complexity index is 896. The van der Waals surface area contributed by atoms with Gasteiger partial charge in [0.1, 0.15) is 11.3 Å². The minimum Gasteiger partial charge on any atom is -0.460 e. The van der Waals surface area contributed by atoms with Gasteiger partial charge in [0.2, 0.25) is 0 Å². The standard InChI is InChI=1S/C21H27N3O2S/c1-4-7-11-18-19(16-10-8-9-12-17(16)26-18)20(25)23-21-22-15(14-27-21)13-24(5-2)6-3/h8-10,12,14H,4-7,11,13H2,1-3H3,(H,22,23,25). The molecular weight excluding hydrogens is 358 g/mol. The molecule has 0 unspecified atom stereocenters. The highest BCUT2D eigenvalue weighted by molar-refractivity contribution is 7.14. The molecule has 0 bridgehead atoms. The molecule has 0 fully saturated rings. The molecule has 0 saturated carbocycles. The second-order valence-corrected chi connectivity index (χ2v) is 7.42. The van der Waals surface area contributed by atoms with Crippen molar-refractivity contribution in [2.45, 2.75) is 46.6 Å². The molecule has 1 aromatic carbocycles. The van der Waals surface area contributed by atoms with E-state index in [2.05, 4.69) is 36.0 Å². The van der Waals surface area contributed by atoms with Crippen molar-refractivity contribution in [3.63, 3.8) is 0 Å². The van der Waals surface area contributed by atoms with Gasteiger partial charge in [0.15, 0.2) is 5.13 Å². The number of para-hydroxylation sites is 1. The number of thiazole rings is 1. The molecule has 0 atom stereocenters. The number of benzene rings is 1. The molecular formula is C21H27N3O2S. The van der Waals surface area contributed by atoms with E-state index in [0.717, 1.165) is 61.3 Å². The highest BCUT2D eigenvalue weighted by atomic mass is 32.1. The molecule has 0 aliphatic rings. The number of carbonyl (C=O) groups excluding carboxylic acids is 1. The second kappa shape index (κ2) is 9.15. The third-order valence-corrected chi connectivity index (χ3v) is 5.51. The Morgan fingerprint density at radius 3 is 2.74 bits per heavy atom. The van der Waals surface area contributed by atoms with E-state index >= 15 is 0 Å². The van der Waals surface area contributed by atoms with Crippen LogP contribution in [0.2, 0.25) is 0 Å². The predicted octanol–water partition coefficient (Wildman–Crippen LogP) is 5.33. The molecule has 6 heteroatoms. The third-order valence-electron chi connectivity index (χ3n) is 4.71. The number of amides is 1. The maximum atomic E-state index is 13.0. The smallest absolute Gasteiger partial charge is 0.261 e. The number of nitrogens with one attached hydrogen (secondary N) is 1. The highest BCUT2D eigenvalue weighted by Crippen LogP contribution is 2.28. The highest BCUT2D eigenvalue weighted by Gasteiger charge is 2.21. The number of aryl methyl sites for hydroxylation is 1. The van der Waals surface area contributed by atoms with Crippen LogP contribution in [-0.2, 0) is 13.0 Å². The number of aromatic nitrogens is 1. The van der Waals surface area contributed by atoms with Crippen LogP contribution >= 0.6 is 11.3 Å². The van der Waals surface area contributed by atoms with Crippen LogP contribution in [0.15, 0.2) is 34.1 Å². The molecule has 2 aromatic heterocycles. The Morgan fingerprint density at radius 1 is 1.22 bits per heavy atom. The van der Waals surface area contributed by atoms with Crippen LogP contribution in [0.1, 0.15) is 55.4 Å². The Hall–Kier alpha value is -2.18. The number of furan rings is 1. The van der Waals surface area contributed by atoms with Crippen LogP contribution in [0.25, 0.3) is 11.0 Å². The molecule has 1 amide bonds. The SMILES string of the molecule is CCCCc1oc2ccccc2c1C(=O)Nc1nc(CN(CC)CC)cs1. The number of fused-ring (bicyclic) bond motifs is 1. The lowest BCUT2D eigenvalue weighted by Crippen LogP contribution is -2.22. The Morgan fingerprint density at radius 2 is 2.00 bits per heavy atom. The predicted molar refractivity (Wildman–Crippen MR) is 112 cm³/mol. The van der Waals surface area contributed by atoms with Crippen LogP contribution in [0, 0.1) is 0 Å². The first-order valence-electron chi connectivity index (χ1n) is 9.64. The van der Waals surface area contributed by atoms with Gasteiger partial charge in [-0.25, -0.2) is 4.98 Å². The van der Waals surface area contributed by atoms with Gasteiger partial charge < -0.3 is 4.42 Å². The number of hydrogen-bond donors (Lipinski definition) is 1. The molecule has 2 heterocycles. The lowest BCUT2D eigenvalue weighted by Gasteiger charge is -2.15. The van der Waals surface area contributed by atoms with E-state index in [-0.39, 0.29) is 5.91 Å². The normalized spacial score (nSPS) is 11.4. The van der Waals surface area contributed by atoms with Gasteiger partial charge in [-0.2, -0.15) is 0 Å². The fourth-order valence-electron chi connectivity index (χ4n) is 3.13. The first-order chi connectivity index (χ1) is 13.2. The zero-order chi connectivity index (χ0) is 19.2. The summed E-state index contributed by atoms with van der Waals surface area (Å²) in [5, 5.41) is 6.48. The molecule has 3 rings (SSSR count). The average Bonchev–Trinajstić information content (AvgIpc) is 3.27. The topological polar surface area (TPSA) is 58.4 Å². The fraction of sp³-hybridized carbons (Fsp3) is 0.429. The first-order valence-corrected chi connectivity index (χ1v) is 10.5. The molecule has 27 heavy (non-hydrogen) atoms. The van der Waals surface area contributed by atoms with Gasteiger partial charge in [-0.05, 0) is 25.6 Å². The number of anilines is 1. The van der Waals surface area contributed by atoms with Gasteiger partial charge in [0.25, 0.3) is 5.91 Å². The maximum absolute atomic E-state index is 13.0. The molecule has 0 spiro atoms. The van der Waals surface area contributed by atoms with E-state index in [1.165, 1.54) is 11.3 Å².